The summed E-state index contributed by atoms with van der Waals surface area (Å²) in [7, 11) is 1.68. The number of piperidine rings is 1. The predicted octanol–water partition coefficient (Wildman–Crippen LogP) is 8.41. The number of carbonyl (C=O) groups is 6. The highest BCUT2D eigenvalue weighted by molar-refractivity contribution is 7.09. The van der Waals surface area contributed by atoms with Crippen LogP contribution in [0.3, 0.4) is 0 Å². The number of ether oxygens (including phenoxy) is 2. The SMILES string of the molecule is CC[C@H](C)[C@H](NC(=O)[C@H]1CCCCN1C(=O)OCC1c2ccccc2-c2ccccc21)C(=O)N(C)[C@H](C[C@@H](OC(C)=O)c1nc(C(=O)N[C@@H](Cc2ccccc2)C[C@H](C)C(=O)O)cs1)C(C)C. The average Bonchev–Trinajstić information content (AvgIpc) is 3.94. The first kappa shape index (κ1) is 50.3. The molecule has 6 rings (SSSR count). The van der Waals surface area contributed by atoms with E-state index in [0.29, 0.717) is 30.8 Å². The van der Waals surface area contributed by atoms with Crippen molar-refractivity contribution < 1.29 is 43.3 Å². The van der Waals surface area contributed by atoms with Gasteiger partial charge < -0.3 is 30.1 Å². The van der Waals surface area contributed by atoms with Crippen molar-refractivity contribution in [3.05, 3.63) is 112 Å². The molecular formula is C52H65N5O9S. The Kier molecular flexibility index (Phi) is 17.3. The first-order valence-corrected chi connectivity index (χ1v) is 24.3. The Hall–Kier alpha value is -6.09. The molecule has 7 atom stereocenters. The maximum atomic E-state index is 14.7. The highest BCUT2D eigenvalue weighted by Crippen LogP contribution is 2.44. The number of hydrogen-bond acceptors (Lipinski definition) is 10. The fraction of sp³-hybridized carbons (Fsp3) is 0.481. The molecule has 0 spiro atoms. The third-order valence-electron chi connectivity index (χ3n) is 13.3. The number of carbonyl (C=O) groups excluding carboxylic acids is 5. The van der Waals surface area contributed by atoms with E-state index in [0.717, 1.165) is 52.0 Å². The van der Waals surface area contributed by atoms with Crippen LogP contribution in [0.4, 0.5) is 4.79 Å². The number of nitrogens with zero attached hydrogens (tertiary/aromatic N) is 3. The number of carboxylic acids is 1. The van der Waals surface area contributed by atoms with Gasteiger partial charge in [0.05, 0.1) is 5.92 Å². The summed E-state index contributed by atoms with van der Waals surface area (Å²) in [5.74, 6) is -4.01. The zero-order valence-corrected chi connectivity index (χ0v) is 40.4. The molecule has 0 unspecified atom stereocenters. The molecule has 0 radical (unpaired) electrons. The molecular weight excluding hydrogens is 871 g/mol. The Morgan fingerprint density at radius 3 is 2.13 bits per heavy atom. The summed E-state index contributed by atoms with van der Waals surface area (Å²) in [6, 6.07) is 23.0. The molecule has 2 heterocycles. The second kappa shape index (κ2) is 23.1. The van der Waals surface area contributed by atoms with E-state index in [4.69, 9.17) is 9.47 Å². The second-order valence-electron chi connectivity index (χ2n) is 18.4. The molecule has 3 aromatic carbocycles. The number of hydrogen-bond donors (Lipinski definition) is 3. The molecule has 4 amide bonds. The number of aliphatic carboxylic acids is 1. The normalized spacial score (nSPS) is 17.2. The number of fused-ring (bicyclic) bond motifs is 3. The third-order valence-corrected chi connectivity index (χ3v) is 14.2. The Labute approximate surface area is 397 Å². The van der Waals surface area contributed by atoms with Crippen LogP contribution in [0.25, 0.3) is 11.1 Å². The number of likely N-dealkylation sites (N-methyl/N-ethyl adjacent to an activating group) is 1. The van der Waals surface area contributed by atoms with Gasteiger partial charge in [-0.25, -0.2) is 9.78 Å². The molecule has 358 valence electrons. The number of benzene rings is 3. The van der Waals surface area contributed by atoms with Crippen LogP contribution >= 0.6 is 11.3 Å². The standard InChI is InChI=1S/C52H65N5O9S/c1-8-32(4)46(55-48(60)43-24-16-17-25-57(43)52(64)65-29-41-39-22-14-12-20-37(39)38-21-13-15-23-40(38)41)50(61)56(7)44(31(2)3)28-45(66-34(6)58)49-54-42(30-67-49)47(59)53-36(26-33(5)51(62)63)27-35-18-10-9-11-19-35/h9-15,18-23,30-33,36,41,43-46H,8,16-17,24-29H2,1-7H3,(H,53,59)(H,55,60)(H,62,63)/t32-,33-,36+,43+,44+,45+,46-/m0/s1. The van der Waals surface area contributed by atoms with Crippen molar-refractivity contribution >= 4 is 47.1 Å². The van der Waals surface area contributed by atoms with Gasteiger partial charge in [0, 0.05) is 50.3 Å². The maximum Gasteiger partial charge on any atom is 0.410 e. The lowest BCUT2D eigenvalue weighted by Crippen LogP contribution is -2.59. The number of carboxylic acid groups (broad SMARTS) is 1. The van der Waals surface area contributed by atoms with Gasteiger partial charge in [-0.15, -0.1) is 11.3 Å². The molecule has 4 aromatic rings. The number of thiazole rings is 1. The summed E-state index contributed by atoms with van der Waals surface area (Å²) in [5.41, 5.74) is 5.46. The number of nitrogens with one attached hydrogen (secondary N) is 2. The van der Waals surface area contributed by atoms with Gasteiger partial charge in [0.2, 0.25) is 11.8 Å². The van der Waals surface area contributed by atoms with Crippen LogP contribution in [-0.4, -0.2) is 100 Å². The Balaban J connectivity index is 1.14. The fourth-order valence-electron chi connectivity index (χ4n) is 9.33. The van der Waals surface area contributed by atoms with Crippen LogP contribution in [0.15, 0.2) is 84.2 Å². The van der Waals surface area contributed by atoms with Crippen LogP contribution in [0.5, 0.6) is 0 Å². The Morgan fingerprint density at radius 2 is 1.52 bits per heavy atom. The van der Waals surface area contributed by atoms with Crippen LogP contribution < -0.4 is 10.6 Å². The quantitative estimate of drug-likeness (QED) is 0.0728. The zero-order chi connectivity index (χ0) is 48.4. The number of amides is 4. The van der Waals surface area contributed by atoms with Crippen LogP contribution in [0.1, 0.15) is 124 Å². The summed E-state index contributed by atoms with van der Waals surface area (Å²) < 4.78 is 11.8. The van der Waals surface area contributed by atoms with Crippen molar-refractivity contribution in [2.24, 2.45) is 17.8 Å². The van der Waals surface area contributed by atoms with E-state index in [2.05, 4.69) is 39.9 Å². The molecule has 0 saturated carbocycles. The number of likely N-dealkylation sites (tertiary alicyclic amines) is 1. The largest absolute Gasteiger partial charge is 0.481 e. The Bertz CT molecular complexity index is 2330. The molecule has 2 aliphatic rings. The summed E-state index contributed by atoms with van der Waals surface area (Å²) in [6.07, 6.45) is 1.76. The lowest BCUT2D eigenvalue weighted by molar-refractivity contribution is -0.149. The fourth-order valence-corrected chi connectivity index (χ4v) is 10.2. The molecule has 0 bridgehead atoms. The molecule has 1 saturated heterocycles. The van der Waals surface area contributed by atoms with Gasteiger partial charge in [-0.2, -0.15) is 0 Å². The van der Waals surface area contributed by atoms with Gasteiger partial charge in [0.25, 0.3) is 5.91 Å². The summed E-state index contributed by atoms with van der Waals surface area (Å²) in [4.78, 5) is 88.4. The lowest BCUT2D eigenvalue weighted by atomic mass is 9.92. The van der Waals surface area contributed by atoms with Crippen molar-refractivity contribution in [1.29, 1.82) is 0 Å². The van der Waals surface area contributed by atoms with E-state index in [-0.39, 0.29) is 48.8 Å². The zero-order valence-electron chi connectivity index (χ0n) is 39.6. The number of rotatable bonds is 20. The minimum Gasteiger partial charge on any atom is -0.481 e. The van der Waals surface area contributed by atoms with E-state index in [1.54, 1.807) is 24.3 Å². The lowest BCUT2D eigenvalue weighted by Gasteiger charge is -2.38. The molecule has 3 N–H and O–H groups in total. The highest BCUT2D eigenvalue weighted by atomic mass is 32.1. The van der Waals surface area contributed by atoms with Gasteiger partial charge in [-0.1, -0.05) is 120 Å². The first-order valence-electron chi connectivity index (χ1n) is 23.5. The van der Waals surface area contributed by atoms with Crippen molar-refractivity contribution in [2.75, 3.05) is 20.2 Å². The minimum atomic E-state index is -0.963. The molecule has 1 aromatic heterocycles. The van der Waals surface area contributed by atoms with E-state index in [1.165, 1.54) is 11.8 Å². The molecule has 1 fully saturated rings. The molecule has 67 heavy (non-hydrogen) atoms. The van der Waals surface area contributed by atoms with Crippen molar-refractivity contribution in [3.8, 4) is 11.1 Å². The Morgan fingerprint density at radius 1 is 0.881 bits per heavy atom. The van der Waals surface area contributed by atoms with Crippen molar-refractivity contribution in [1.82, 2.24) is 25.4 Å². The summed E-state index contributed by atoms with van der Waals surface area (Å²) in [5, 5.41) is 17.6. The first-order chi connectivity index (χ1) is 32.1. The van der Waals surface area contributed by atoms with Gasteiger partial charge in [-0.3, -0.25) is 28.9 Å². The number of esters is 1. The third kappa shape index (κ3) is 12.5. The number of aromatic nitrogens is 1. The van der Waals surface area contributed by atoms with Gasteiger partial charge >= 0.3 is 18.0 Å². The monoisotopic (exact) mass is 935 g/mol. The summed E-state index contributed by atoms with van der Waals surface area (Å²) >= 11 is 1.15. The van der Waals surface area contributed by atoms with Crippen molar-refractivity contribution in [3.63, 3.8) is 0 Å². The topological polar surface area (TPSA) is 185 Å². The van der Waals surface area contributed by atoms with Crippen molar-refractivity contribution in [2.45, 2.75) is 123 Å². The van der Waals surface area contributed by atoms with Gasteiger partial charge in [0.1, 0.15) is 29.4 Å². The van der Waals surface area contributed by atoms with E-state index in [9.17, 15) is 33.9 Å². The molecule has 15 heteroatoms. The van der Waals surface area contributed by atoms with Crippen LogP contribution in [-0.2, 0) is 35.1 Å². The van der Waals surface area contributed by atoms with Gasteiger partial charge in [0.15, 0.2) is 6.10 Å². The van der Waals surface area contributed by atoms with Crippen LogP contribution in [0, 0.1) is 17.8 Å². The highest BCUT2D eigenvalue weighted by Gasteiger charge is 2.40. The smallest absolute Gasteiger partial charge is 0.410 e. The van der Waals surface area contributed by atoms with Crippen LogP contribution in [0.2, 0.25) is 0 Å². The van der Waals surface area contributed by atoms with E-state index < -0.39 is 66.0 Å². The molecule has 14 nitrogen and oxygen atoms in total. The second-order valence-corrected chi connectivity index (χ2v) is 19.3. The van der Waals surface area contributed by atoms with Gasteiger partial charge in [-0.05, 0) is 71.8 Å². The maximum absolute atomic E-state index is 14.7. The van der Waals surface area contributed by atoms with E-state index >= 15 is 0 Å². The minimum absolute atomic E-state index is 0.0955. The molecule has 1 aliphatic carbocycles. The predicted molar refractivity (Wildman–Crippen MR) is 256 cm³/mol. The van der Waals surface area contributed by atoms with E-state index in [1.807, 2.05) is 82.3 Å². The molecule has 1 aliphatic heterocycles. The average molecular weight is 936 g/mol. The summed E-state index contributed by atoms with van der Waals surface area (Å²) in [6.45, 7) is 11.1.